The van der Waals surface area contributed by atoms with E-state index >= 15 is 0 Å². The van der Waals surface area contributed by atoms with Gasteiger partial charge in [0.25, 0.3) is 0 Å². The van der Waals surface area contributed by atoms with Gasteiger partial charge in [0.1, 0.15) is 0 Å². The topological polar surface area (TPSA) is 108 Å². The first-order chi connectivity index (χ1) is 14.1. The molecule has 3 fully saturated rings. The highest BCUT2D eigenvalue weighted by atomic mass is 32.1. The third kappa shape index (κ3) is 3.27. The van der Waals surface area contributed by atoms with Crippen molar-refractivity contribution in [1.29, 1.82) is 0 Å². The maximum atomic E-state index is 13.5. The van der Waals surface area contributed by atoms with Crippen molar-refractivity contribution in [2.45, 2.75) is 50.6 Å². The number of thiazole rings is 1. The van der Waals surface area contributed by atoms with E-state index in [1.807, 2.05) is 10.9 Å². The van der Waals surface area contributed by atoms with Gasteiger partial charge >= 0.3 is 5.97 Å². The second kappa shape index (κ2) is 7.05. The zero-order valence-corrected chi connectivity index (χ0v) is 16.8. The Morgan fingerprint density at radius 2 is 2.10 bits per heavy atom. The molecule has 2 saturated heterocycles. The van der Waals surface area contributed by atoms with E-state index in [-0.39, 0.29) is 23.7 Å². The molecule has 2 aliphatic heterocycles. The van der Waals surface area contributed by atoms with E-state index in [9.17, 15) is 9.59 Å². The molecular formula is C20H23N5O3S. The molecule has 3 aliphatic rings. The van der Waals surface area contributed by atoms with Gasteiger partial charge in [0.05, 0.1) is 16.6 Å². The lowest BCUT2D eigenvalue weighted by Crippen LogP contribution is -2.51. The number of carbonyl (C=O) groups is 2. The normalized spacial score (nSPS) is 27.9. The number of carboxylic acid groups (broad SMARTS) is 1. The molecule has 0 radical (unpaired) electrons. The summed E-state index contributed by atoms with van der Waals surface area (Å²) in [6.45, 7) is 0.752. The number of carbonyl (C=O) groups excluding carboxylic acids is 1. The highest BCUT2D eigenvalue weighted by Gasteiger charge is 2.60. The van der Waals surface area contributed by atoms with Gasteiger partial charge in [-0.05, 0) is 50.2 Å². The number of carboxylic acids is 1. The summed E-state index contributed by atoms with van der Waals surface area (Å²) < 4.78 is 0. The number of nitrogens with one attached hydrogen (secondary N) is 1. The quantitative estimate of drug-likeness (QED) is 0.716. The second-order valence-electron chi connectivity index (χ2n) is 8.41. The van der Waals surface area contributed by atoms with Crippen LogP contribution in [0.1, 0.15) is 48.3 Å². The SMILES string of the molecule is O=C(O)c1ccc(N2[C@@H]3CC[C@H]2[C@@](Cc2cscn2)(C(=O)NCC2CC2)C3)nn1. The third-order valence-corrected chi connectivity index (χ3v) is 7.19. The number of amides is 1. The maximum Gasteiger partial charge on any atom is 0.356 e. The lowest BCUT2D eigenvalue weighted by atomic mass is 9.70. The third-order valence-electron chi connectivity index (χ3n) is 6.55. The molecule has 2 N–H and O–H groups in total. The zero-order chi connectivity index (χ0) is 20.0. The Balaban J connectivity index is 1.45. The van der Waals surface area contributed by atoms with Crippen LogP contribution in [0.25, 0.3) is 0 Å². The van der Waals surface area contributed by atoms with Gasteiger partial charge < -0.3 is 15.3 Å². The number of aromatic nitrogens is 3. The molecule has 2 aromatic heterocycles. The maximum absolute atomic E-state index is 13.5. The monoisotopic (exact) mass is 413 g/mol. The molecule has 0 unspecified atom stereocenters. The number of hydrogen-bond acceptors (Lipinski definition) is 7. The molecule has 1 saturated carbocycles. The van der Waals surface area contributed by atoms with Gasteiger partial charge in [0.2, 0.25) is 5.91 Å². The minimum Gasteiger partial charge on any atom is -0.476 e. The summed E-state index contributed by atoms with van der Waals surface area (Å²) in [4.78, 5) is 31.2. The Bertz CT molecular complexity index is 915. The van der Waals surface area contributed by atoms with Crippen LogP contribution >= 0.6 is 11.3 Å². The van der Waals surface area contributed by atoms with Gasteiger partial charge in [-0.3, -0.25) is 4.79 Å². The highest BCUT2D eigenvalue weighted by molar-refractivity contribution is 7.07. The summed E-state index contributed by atoms with van der Waals surface area (Å²) in [6, 6.07) is 3.41. The molecule has 2 bridgehead atoms. The van der Waals surface area contributed by atoms with Gasteiger partial charge in [-0.1, -0.05) is 0 Å². The molecule has 152 valence electrons. The van der Waals surface area contributed by atoms with Crippen LogP contribution < -0.4 is 10.2 Å². The van der Waals surface area contributed by atoms with E-state index in [0.29, 0.717) is 18.2 Å². The zero-order valence-electron chi connectivity index (χ0n) is 16.0. The van der Waals surface area contributed by atoms with E-state index in [2.05, 4.69) is 25.4 Å². The van der Waals surface area contributed by atoms with Crippen molar-refractivity contribution in [2.24, 2.45) is 11.3 Å². The molecule has 29 heavy (non-hydrogen) atoms. The molecule has 8 nitrogen and oxygen atoms in total. The number of hydrogen-bond donors (Lipinski definition) is 2. The van der Waals surface area contributed by atoms with Crippen molar-refractivity contribution < 1.29 is 14.7 Å². The molecule has 5 rings (SSSR count). The average molecular weight is 414 g/mol. The Morgan fingerprint density at radius 1 is 1.24 bits per heavy atom. The van der Waals surface area contributed by atoms with Crippen LogP contribution in [0.15, 0.2) is 23.0 Å². The molecular weight excluding hydrogens is 390 g/mol. The fourth-order valence-corrected chi connectivity index (χ4v) is 5.56. The molecule has 1 amide bonds. The number of rotatable bonds is 7. The highest BCUT2D eigenvalue weighted by Crippen LogP contribution is 2.53. The predicted octanol–water partition coefficient (Wildman–Crippen LogP) is 2.13. The Morgan fingerprint density at radius 3 is 2.76 bits per heavy atom. The van der Waals surface area contributed by atoms with Crippen molar-refractivity contribution in [3.05, 3.63) is 34.4 Å². The predicted molar refractivity (Wildman–Crippen MR) is 107 cm³/mol. The Hall–Kier alpha value is -2.55. The fourth-order valence-electron chi connectivity index (χ4n) is 5.00. The van der Waals surface area contributed by atoms with Gasteiger partial charge in [-0.2, -0.15) is 0 Å². The summed E-state index contributed by atoms with van der Waals surface area (Å²) in [7, 11) is 0. The van der Waals surface area contributed by atoms with E-state index in [1.165, 1.54) is 18.9 Å². The fraction of sp³-hybridized carbons (Fsp3) is 0.550. The Kier molecular flexibility index (Phi) is 4.49. The minimum absolute atomic E-state index is 0.0124. The van der Waals surface area contributed by atoms with Crippen LogP contribution in [0.3, 0.4) is 0 Å². The Labute approximate surface area is 172 Å². The van der Waals surface area contributed by atoms with Crippen LogP contribution in [0, 0.1) is 11.3 Å². The molecule has 0 aromatic carbocycles. The first-order valence-corrected chi connectivity index (χ1v) is 11.0. The standard InChI is InChI=1S/C20H23N5O3S/c26-18(27)15-4-6-17(24-23-15)25-14-3-5-16(25)20(8-14,7-13-10-29-11-22-13)19(28)21-9-12-1-2-12/h4,6,10-12,14,16H,1-3,5,7-9H2,(H,21,28)(H,26,27)/t14-,16+,20+/m1/s1. The largest absolute Gasteiger partial charge is 0.476 e. The average Bonchev–Trinajstić information content (AvgIpc) is 3.11. The van der Waals surface area contributed by atoms with E-state index in [1.54, 1.807) is 17.4 Å². The van der Waals surface area contributed by atoms with Gasteiger partial charge in [0, 0.05) is 30.4 Å². The first kappa shape index (κ1) is 18.5. The molecule has 9 heteroatoms. The number of nitrogens with zero attached hydrogens (tertiary/aromatic N) is 4. The van der Waals surface area contributed by atoms with Crippen molar-refractivity contribution in [2.75, 3.05) is 11.4 Å². The van der Waals surface area contributed by atoms with E-state index in [4.69, 9.17) is 5.11 Å². The minimum atomic E-state index is -1.09. The summed E-state index contributed by atoms with van der Waals surface area (Å²) in [5.74, 6) is 0.299. The van der Waals surface area contributed by atoms with Gasteiger partial charge in [-0.25, -0.2) is 9.78 Å². The van der Waals surface area contributed by atoms with E-state index in [0.717, 1.165) is 31.5 Å². The van der Waals surface area contributed by atoms with Crippen molar-refractivity contribution >= 4 is 29.0 Å². The van der Waals surface area contributed by atoms with Crippen molar-refractivity contribution in [1.82, 2.24) is 20.5 Å². The number of anilines is 1. The van der Waals surface area contributed by atoms with Crippen LogP contribution in [0.5, 0.6) is 0 Å². The number of fused-ring (bicyclic) bond motifs is 2. The first-order valence-electron chi connectivity index (χ1n) is 10.1. The molecule has 3 atom stereocenters. The van der Waals surface area contributed by atoms with Gasteiger partial charge in [-0.15, -0.1) is 21.5 Å². The van der Waals surface area contributed by atoms with Crippen LogP contribution in [0.2, 0.25) is 0 Å². The summed E-state index contributed by atoms with van der Waals surface area (Å²) in [5, 5.41) is 22.4. The van der Waals surface area contributed by atoms with Gasteiger partial charge in [0.15, 0.2) is 11.5 Å². The van der Waals surface area contributed by atoms with Crippen molar-refractivity contribution in [3.63, 3.8) is 0 Å². The smallest absolute Gasteiger partial charge is 0.356 e. The lowest BCUT2D eigenvalue weighted by molar-refractivity contribution is -0.132. The van der Waals surface area contributed by atoms with Crippen LogP contribution in [0.4, 0.5) is 5.82 Å². The molecule has 0 spiro atoms. The van der Waals surface area contributed by atoms with Crippen LogP contribution in [-0.4, -0.2) is 50.8 Å². The van der Waals surface area contributed by atoms with Crippen molar-refractivity contribution in [3.8, 4) is 0 Å². The molecule has 2 aromatic rings. The summed E-state index contributed by atoms with van der Waals surface area (Å²) in [5.41, 5.74) is 2.15. The van der Waals surface area contributed by atoms with E-state index < -0.39 is 11.4 Å². The summed E-state index contributed by atoms with van der Waals surface area (Å²) >= 11 is 1.55. The lowest BCUT2D eigenvalue weighted by Gasteiger charge is -2.36. The second-order valence-corrected chi connectivity index (χ2v) is 9.13. The summed E-state index contributed by atoms with van der Waals surface area (Å²) in [6.07, 6.45) is 5.68. The molecule has 4 heterocycles. The van der Waals surface area contributed by atoms with Crippen LogP contribution in [-0.2, 0) is 11.2 Å². The number of aromatic carboxylic acids is 1. The molecule has 1 aliphatic carbocycles.